The van der Waals surface area contributed by atoms with Gasteiger partial charge in [-0.2, -0.15) is 0 Å². The molecule has 86 valence electrons. The standard InChI is InChI=1S/C12H10BrClN3/c1-7-9-4-5-12(13)16(9)11-6-8(14)2-3-10(11)17(7)15/h2-6H,15H2,1H3/q+1. The lowest BCUT2D eigenvalue weighted by Crippen LogP contribution is -2.48. The van der Waals surface area contributed by atoms with Gasteiger partial charge in [0.05, 0.1) is 4.60 Å². The molecule has 0 amide bonds. The molecular formula is C12H10BrClN3+. The van der Waals surface area contributed by atoms with Crippen LogP contribution in [0, 0.1) is 6.92 Å². The van der Waals surface area contributed by atoms with Crippen LogP contribution in [0.4, 0.5) is 0 Å². The van der Waals surface area contributed by atoms with Crippen molar-refractivity contribution >= 4 is 44.1 Å². The van der Waals surface area contributed by atoms with E-state index in [0.717, 1.165) is 26.8 Å². The van der Waals surface area contributed by atoms with Crippen molar-refractivity contribution in [1.82, 2.24) is 4.40 Å². The number of nitrogens with two attached hydrogens (primary N) is 1. The van der Waals surface area contributed by atoms with E-state index in [9.17, 15) is 0 Å². The van der Waals surface area contributed by atoms with E-state index in [1.807, 2.05) is 37.3 Å². The minimum atomic E-state index is 0.697. The van der Waals surface area contributed by atoms with E-state index in [1.165, 1.54) is 0 Å². The van der Waals surface area contributed by atoms with Crippen LogP contribution in [-0.4, -0.2) is 4.40 Å². The van der Waals surface area contributed by atoms with Crippen LogP contribution < -0.4 is 10.5 Å². The van der Waals surface area contributed by atoms with E-state index in [-0.39, 0.29) is 0 Å². The zero-order chi connectivity index (χ0) is 12.2. The fraction of sp³-hybridized carbons (Fsp3) is 0.0833. The Labute approximate surface area is 112 Å². The molecule has 0 saturated carbocycles. The third kappa shape index (κ3) is 1.44. The van der Waals surface area contributed by atoms with Gasteiger partial charge in [-0.05, 0) is 40.2 Å². The minimum Gasteiger partial charge on any atom is -0.292 e. The van der Waals surface area contributed by atoms with Crippen molar-refractivity contribution in [2.75, 3.05) is 5.84 Å². The van der Waals surface area contributed by atoms with Gasteiger partial charge in [0.25, 0.3) is 5.52 Å². The van der Waals surface area contributed by atoms with Gasteiger partial charge in [-0.15, -0.1) is 0 Å². The average molecular weight is 312 g/mol. The van der Waals surface area contributed by atoms with E-state index in [4.69, 9.17) is 17.4 Å². The van der Waals surface area contributed by atoms with Gasteiger partial charge in [0.15, 0.2) is 0 Å². The first kappa shape index (κ1) is 10.9. The van der Waals surface area contributed by atoms with Gasteiger partial charge in [-0.1, -0.05) is 16.3 Å². The van der Waals surface area contributed by atoms with Gasteiger partial charge in [0, 0.05) is 18.0 Å². The van der Waals surface area contributed by atoms with Crippen molar-refractivity contribution < 1.29 is 4.68 Å². The Bertz CT molecular complexity index is 748. The van der Waals surface area contributed by atoms with Crippen molar-refractivity contribution in [1.29, 1.82) is 0 Å². The summed E-state index contributed by atoms with van der Waals surface area (Å²) in [5, 5.41) is 0.697. The second-order valence-electron chi connectivity index (χ2n) is 3.97. The Morgan fingerprint density at radius 1 is 1.24 bits per heavy atom. The third-order valence-electron chi connectivity index (χ3n) is 3.00. The predicted molar refractivity (Wildman–Crippen MR) is 72.7 cm³/mol. The molecular weight excluding hydrogens is 302 g/mol. The summed E-state index contributed by atoms with van der Waals surface area (Å²) in [6.07, 6.45) is 0. The molecule has 17 heavy (non-hydrogen) atoms. The summed E-state index contributed by atoms with van der Waals surface area (Å²) >= 11 is 9.59. The Balaban J connectivity index is 2.69. The van der Waals surface area contributed by atoms with E-state index >= 15 is 0 Å². The van der Waals surface area contributed by atoms with Crippen LogP contribution in [-0.2, 0) is 0 Å². The molecule has 3 rings (SSSR count). The number of halogens is 2. The van der Waals surface area contributed by atoms with Crippen LogP contribution in [0.1, 0.15) is 5.69 Å². The van der Waals surface area contributed by atoms with Crippen molar-refractivity contribution in [3.05, 3.63) is 45.7 Å². The number of rotatable bonds is 0. The molecule has 1 aromatic carbocycles. The van der Waals surface area contributed by atoms with Gasteiger partial charge in [-0.3, -0.25) is 4.40 Å². The number of aromatic nitrogens is 2. The van der Waals surface area contributed by atoms with Crippen molar-refractivity contribution in [3.8, 4) is 0 Å². The molecule has 2 aromatic heterocycles. The predicted octanol–water partition coefficient (Wildman–Crippen LogP) is 2.82. The second kappa shape index (κ2) is 3.62. The van der Waals surface area contributed by atoms with Crippen LogP contribution in [0.3, 0.4) is 0 Å². The zero-order valence-electron chi connectivity index (χ0n) is 9.11. The third-order valence-corrected chi connectivity index (χ3v) is 3.86. The fourth-order valence-corrected chi connectivity index (χ4v) is 2.80. The number of fused-ring (bicyclic) bond motifs is 3. The van der Waals surface area contributed by atoms with Gasteiger partial charge < -0.3 is 0 Å². The lowest BCUT2D eigenvalue weighted by atomic mass is 10.2. The van der Waals surface area contributed by atoms with Crippen LogP contribution in [0.15, 0.2) is 34.9 Å². The highest BCUT2D eigenvalue weighted by Gasteiger charge is 2.18. The van der Waals surface area contributed by atoms with Gasteiger partial charge >= 0.3 is 0 Å². The van der Waals surface area contributed by atoms with Gasteiger partial charge in [0.2, 0.25) is 5.69 Å². The normalized spacial score (nSPS) is 11.5. The molecule has 0 bridgehead atoms. The van der Waals surface area contributed by atoms with E-state index < -0.39 is 0 Å². The molecule has 0 aliphatic heterocycles. The van der Waals surface area contributed by atoms with Crippen molar-refractivity contribution in [2.24, 2.45) is 0 Å². The van der Waals surface area contributed by atoms with Gasteiger partial charge in [0.1, 0.15) is 11.0 Å². The lowest BCUT2D eigenvalue weighted by molar-refractivity contribution is -0.617. The van der Waals surface area contributed by atoms with E-state index in [2.05, 4.69) is 20.3 Å². The first-order valence-corrected chi connectivity index (χ1v) is 6.32. The summed E-state index contributed by atoms with van der Waals surface area (Å²) in [7, 11) is 0. The first-order valence-electron chi connectivity index (χ1n) is 5.15. The molecule has 0 aliphatic carbocycles. The maximum Gasteiger partial charge on any atom is 0.259 e. The number of hydrogen-bond donors (Lipinski definition) is 1. The molecule has 0 fully saturated rings. The first-order chi connectivity index (χ1) is 8.09. The lowest BCUT2D eigenvalue weighted by Gasteiger charge is -2.05. The number of hydrogen-bond acceptors (Lipinski definition) is 1. The SMILES string of the molecule is Cc1c2ccc(Br)n2c2cc(Cl)ccc2[n+]1N. The molecule has 0 saturated heterocycles. The Morgan fingerprint density at radius 3 is 2.76 bits per heavy atom. The summed E-state index contributed by atoms with van der Waals surface area (Å²) in [4.78, 5) is 0. The monoisotopic (exact) mass is 310 g/mol. The van der Waals surface area contributed by atoms with Crippen LogP contribution in [0.5, 0.6) is 0 Å². The molecule has 5 heteroatoms. The van der Waals surface area contributed by atoms with Crippen LogP contribution in [0.2, 0.25) is 5.02 Å². The molecule has 0 aliphatic rings. The quantitative estimate of drug-likeness (QED) is 0.503. The summed E-state index contributed by atoms with van der Waals surface area (Å²) in [5.74, 6) is 6.09. The molecule has 0 atom stereocenters. The van der Waals surface area contributed by atoms with Crippen LogP contribution >= 0.6 is 27.5 Å². The topological polar surface area (TPSA) is 34.3 Å². The summed E-state index contributed by atoms with van der Waals surface area (Å²) in [5.41, 5.74) is 3.99. The maximum atomic E-state index is 6.09. The van der Waals surface area contributed by atoms with Crippen molar-refractivity contribution in [3.63, 3.8) is 0 Å². The average Bonchev–Trinajstić information content (AvgIpc) is 2.68. The highest BCUT2D eigenvalue weighted by atomic mass is 79.9. The Morgan fingerprint density at radius 2 is 2.00 bits per heavy atom. The Kier molecular flexibility index (Phi) is 2.31. The molecule has 2 heterocycles. The summed E-state index contributed by atoms with van der Waals surface area (Å²) in [6.45, 7) is 2.00. The zero-order valence-corrected chi connectivity index (χ0v) is 11.5. The molecule has 0 radical (unpaired) electrons. The Hall–Kier alpha value is -1.26. The highest BCUT2D eigenvalue weighted by molar-refractivity contribution is 9.10. The van der Waals surface area contributed by atoms with Crippen molar-refractivity contribution in [2.45, 2.75) is 6.92 Å². The maximum absolute atomic E-state index is 6.09. The second-order valence-corrected chi connectivity index (χ2v) is 5.21. The van der Waals surface area contributed by atoms with E-state index in [0.29, 0.717) is 5.02 Å². The molecule has 3 nitrogen and oxygen atoms in total. The van der Waals surface area contributed by atoms with Gasteiger partial charge in [-0.25, -0.2) is 5.84 Å². The summed E-state index contributed by atoms with van der Waals surface area (Å²) in [6, 6.07) is 9.72. The molecule has 3 aromatic rings. The van der Waals surface area contributed by atoms with Crippen LogP contribution in [0.25, 0.3) is 16.6 Å². The molecule has 0 unspecified atom stereocenters. The molecule has 0 spiro atoms. The van der Waals surface area contributed by atoms with E-state index in [1.54, 1.807) is 4.68 Å². The summed E-state index contributed by atoms with van der Waals surface area (Å²) < 4.78 is 4.77. The highest BCUT2D eigenvalue weighted by Crippen LogP contribution is 2.24. The smallest absolute Gasteiger partial charge is 0.259 e. The number of nitrogen functional groups attached to an aromatic ring is 1. The number of benzene rings is 1. The largest absolute Gasteiger partial charge is 0.292 e. The molecule has 2 N–H and O–H groups in total. The number of nitrogens with zero attached hydrogens (tertiary/aromatic N) is 2. The fourth-order valence-electron chi connectivity index (χ4n) is 2.12. The minimum absolute atomic E-state index is 0.697. The number of aryl methyl sites for hydroxylation is 1.